The molecular formula is C18H22FN3O2. The van der Waals surface area contributed by atoms with Gasteiger partial charge in [-0.1, -0.05) is 12.1 Å². The Labute approximate surface area is 140 Å². The van der Waals surface area contributed by atoms with Crippen LogP contribution in [0.5, 0.6) is 0 Å². The van der Waals surface area contributed by atoms with Crippen molar-refractivity contribution < 1.29 is 9.13 Å². The third-order valence-corrected chi connectivity index (χ3v) is 4.27. The summed E-state index contributed by atoms with van der Waals surface area (Å²) in [6.07, 6.45) is 3.55. The van der Waals surface area contributed by atoms with E-state index in [2.05, 4.69) is 10.00 Å². The van der Waals surface area contributed by atoms with Crippen LogP contribution in [0.1, 0.15) is 12.8 Å². The number of morpholine rings is 1. The van der Waals surface area contributed by atoms with Gasteiger partial charge >= 0.3 is 0 Å². The number of hydrogen-bond donors (Lipinski definition) is 0. The highest BCUT2D eigenvalue weighted by molar-refractivity contribution is 5.61. The van der Waals surface area contributed by atoms with Gasteiger partial charge in [0.05, 0.1) is 18.8 Å². The molecule has 0 N–H and O–H groups in total. The van der Waals surface area contributed by atoms with E-state index in [0.717, 1.165) is 45.7 Å². The Morgan fingerprint density at radius 1 is 1.04 bits per heavy atom. The summed E-state index contributed by atoms with van der Waals surface area (Å²) in [6.45, 7) is 5.20. The van der Waals surface area contributed by atoms with Gasteiger partial charge in [0.1, 0.15) is 5.82 Å². The van der Waals surface area contributed by atoms with Crippen molar-refractivity contribution in [3.05, 3.63) is 52.7 Å². The molecule has 1 aromatic carbocycles. The molecule has 2 aromatic rings. The summed E-state index contributed by atoms with van der Waals surface area (Å²) in [5, 5.41) is 4.16. The Morgan fingerprint density at radius 3 is 2.50 bits per heavy atom. The highest BCUT2D eigenvalue weighted by Crippen LogP contribution is 2.15. The van der Waals surface area contributed by atoms with Crippen molar-refractivity contribution >= 4 is 0 Å². The molecule has 0 atom stereocenters. The summed E-state index contributed by atoms with van der Waals surface area (Å²) in [6, 6.07) is 7.65. The maximum atomic E-state index is 13.0. The van der Waals surface area contributed by atoms with Gasteiger partial charge in [0.15, 0.2) is 0 Å². The van der Waals surface area contributed by atoms with Gasteiger partial charge in [-0.15, -0.1) is 0 Å². The number of hydrogen-bond acceptors (Lipinski definition) is 4. The van der Waals surface area contributed by atoms with Crippen molar-refractivity contribution in [1.29, 1.82) is 0 Å². The molecule has 0 aliphatic carbocycles. The summed E-state index contributed by atoms with van der Waals surface area (Å²) in [7, 11) is 0. The molecule has 0 radical (unpaired) electrons. The van der Waals surface area contributed by atoms with Crippen molar-refractivity contribution in [3.8, 4) is 11.1 Å². The Bertz CT molecular complexity index is 709. The van der Waals surface area contributed by atoms with Crippen LogP contribution >= 0.6 is 0 Å². The Kier molecular flexibility index (Phi) is 5.72. The third kappa shape index (κ3) is 4.27. The minimum absolute atomic E-state index is 0.129. The first-order chi connectivity index (χ1) is 11.7. The number of nitrogens with zero attached hydrogens (tertiary/aromatic N) is 3. The monoisotopic (exact) mass is 331 g/mol. The second kappa shape index (κ2) is 8.17. The molecule has 5 nitrogen and oxygen atoms in total. The Morgan fingerprint density at radius 2 is 1.75 bits per heavy atom. The number of rotatable bonds is 6. The summed E-state index contributed by atoms with van der Waals surface area (Å²) in [5.41, 5.74) is 1.14. The summed E-state index contributed by atoms with van der Waals surface area (Å²) >= 11 is 0. The number of aryl methyl sites for hydroxylation is 1. The lowest BCUT2D eigenvalue weighted by atomic mass is 10.1. The van der Waals surface area contributed by atoms with E-state index >= 15 is 0 Å². The van der Waals surface area contributed by atoms with Crippen LogP contribution in [0.25, 0.3) is 11.1 Å². The van der Waals surface area contributed by atoms with E-state index in [9.17, 15) is 9.18 Å². The standard InChI is InChI=1S/C18H22FN3O2/c19-16-5-3-15(4-6-16)17-7-8-20-22(18(17)23)10-2-1-9-21-11-13-24-14-12-21/h3-8H,1-2,9-14H2. The normalized spacial score (nSPS) is 15.5. The van der Waals surface area contributed by atoms with Crippen LogP contribution in [-0.2, 0) is 11.3 Å². The average Bonchev–Trinajstić information content (AvgIpc) is 2.62. The number of aromatic nitrogens is 2. The van der Waals surface area contributed by atoms with E-state index in [-0.39, 0.29) is 11.4 Å². The smallest absolute Gasteiger partial charge is 0.274 e. The zero-order chi connectivity index (χ0) is 16.8. The van der Waals surface area contributed by atoms with E-state index < -0.39 is 0 Å². The maximum absolute atomic E-state index is 13.0. The second-order valence-electron chi connectivity index (χ2n) is 5.94. The Hall–Kier alpha value is -2.05. The summed E-state index contributed by atoms with van der Waals surface area (Å²) in [4.78, 5) is 14.9. The fourth-order valence-electron chi connectivity index (χ4n) is 2.88. The minimum Gasteiger partial charge on any atom is -0.379 e. The molecule has 0 bridgehead atoms. The predicted molar refractivity (Wildman–Crippen MR) is 90.4 cm³/mol. The SMILES string of the molecule is O=c1c(-c2ccc(F)cc2)ccnn1CCCCN1CCOCC1. The molecule has 0 amide bonds. The number of unbranched alkanes of at least 4 members (excludes halogenated alkanes) is 1. The molecule has 0 saturated carbocycles. The van der Waals surface area contributed by atoms with Crippen LogP contribution in [0.3, 0.4) is 0 Å². The fraction of sp³-hybridized carbons (Fsp3) is 0.444. The minimum atomic E-state index is -0.309. The highest BCUT2D eigenvalue weighted by Gasteiger charge is 2.10. The molecule has 1 aliphatic rings. The lowest BCUT2D eigenvalue weighted by Gasteiger charge is -2.26. The van der Waals surface area contributed by atoms with E-state index in [1.165, 1.54) is 16.8 Å². The Balaban J connectivity index is 1.59. The lowest BCUT2D eigenvalue weighted by molar-refractivity contribution is 0.0370. The summed E-state index contributed by atoms with van der Waals surface area (Å²) < 4.78 is 19.9. The molecule has 1 fully saturated rings. The van der Waals surface area contributed by atoms with Crippen LogP contribution in [0, 0.1) is 5.82 Å². The van der Waals surface area contributed by atoms with Crippen LogP contribution in [-0.4, -0.2) is 47.5 Å². The first-order valence-corrected chi connectivity index (χ1v) is 8.36. The first kappa shape index (κ1) is 16.8. The maximum Gasteiger partial charge on any atom is 0.274 e. The number of benzene rings is 1. The molecule has 2 heterocycles. The van der Waals surface area contributed by atoms with Crippen molar-refractivity contribution in [2.75, 3.05) is 32.8 Å². The van der Waals surface area contributed by atoms with Crippen molar-refractivity contribution in [1.82, 2.24) is 14.7 Å². The quantitative estimate of drug-likeness (QED) is 0.761. The van der Waals surface area contributed by atoms with Crippen LogP contribution in [0.2, 0.25) is 0 Å². The largest absolute Gasteiger partial charge is 0.379 e. The van der Waals surface area contributed by atoms with E-state index in [1.807, 2.05) is 0 Å². The molecule has 1 aliphatic heterocycles. The predicted octanol–water partition coefficient (Wildman–Crippen LogP) is 2.16. The summed E-state index contributed by atoms with van der Waals surface area (Å²) in [5.74, 6) is -0.309. The van der Waals surface area contributed by atoms with Crippen LogP contribution in [0.15, 0.2) is 41.3 Å². The van der Waals surface area contributed by atoms with E-state index in [4.69, 9.17) is 4.74 Å². The zero-order valence-electron chi connectivity index (χ0n) is 13.7. The molecule has 6 heteroatoms. The molecule has 0 unspecified atom stereocenters. The van der Waals surface area contributed by atoms with E-state index in [0.29, 0.717) is 17.7 Å². The van der Waals surface area contributed by atoms with Crippen LogP contribution in [0.4, 0.5) is 4.39 Å². The molecule has 24 heavy (non-hydrogen) atoms. The third-order valence-electron chi connectivity index (χ3n) is 4.27. The lowest BCUT2D eigenvalue weighted by Crippen LogP contribution is -2.37. The number of halogens is 1. The van der Waals surface area contributed by atoms with Crippen LogP contribution < -0.4 is 5.56 Å². The number of ether oxygens (including phenoxy) is 1. The van der Waals surface area contributed by atoms with Gasteiger partial charge in [-0.3, -0.25) is 9.69 Å². The molecule has 3 rings (SSSR count). The van der Waals surface area contributed by atoms with Crippen molar-refractivity contribution in [3.63, 3.8) is 0 Å². The second-order valence-corrected chi connectivity index (χ2v) is 5.94. The van der Waals surface area contributed by atoms with Gasteiger partial charge in [-0.05, 0) is 43.1 Å². The van der Waals surface area contributed by atoms with Gasteiger partial charge in [0, 0.05) is 25.8 Å². The average molecular weight is 331 g/mol. The van der Waals surface area contributed by atoms with Crippen molar-refractivity contribution in [2.45, 2.75) is 19.4 Å². The van der Waals surface area contributed by atoms with E-state index in [1.54, 1.807) is 24.4 Å². The molecule has 0 spiro atoms. The van der Waals surface area contributed by atoms with Gasteiger partial charge in [0.25, 0.3) is 5.56 Å². The molecular weight excluding hydrogens is 309 g/mol. The highest BCUT2D eigenvalue weighted by atomic mass is 19.1. The van der Waals surface area contributed by atoms with Gasteiger partial charge in [-0.25, -0.2) is 9.07 Å². The first-order valence-electron chi connectivity index (χ1n) is 8.36. The van der Waals surface area contributed by atoms with Gasteiger partial charge in [0.2, 0.25) is 0 Å². The van der Waals surface area contributed by atoms with Crippen molar-refractivity contribution in [2.24, 2.45) is 0 Å². The fourth-order valence-corrected chi connectivity index (χ4v) is 2.88. The topological polar surface area (TPSA) is 47.4 Å². The molecule has 128 valence electrons. The van der Waals surface area contributed by atoms with Gasteiger partial charge < -0.3 is 4.74 Å². The molecule has 1 saturated heterocycles. The molecule has 1 aromatic heterocycles. The zero-order valence-corrected chi connectivity index (χ0v) is 13.7. The van der Waals surface area contributed by atoms with Gasteiger partial charge in [-0.2, -0.15) is 5.10 Å².